The van der Waals surface area contributed by atoms with Crippen LogP contribution in [0.2, 0.25) is 0 Å². The fourth-order valence-electron chi connectivity index (χ4n) is 4.38. The van der Waals surface area contributed by atoms with E-state index in [9.17, 15) is 9.59 Å². The molecule has 0 saturated carbocycles. The summed E-state index contributed by atoms with van der Waals surface area (Å²) in [6.07, 6.45) is 7.64. The van der Waals surface area contributed by atoms with Crippen LogP contribution in [0.5, 0.6) is 0 Å². The predicted molar refractivity (Wildman–Crippen MR) is 195 cm³/mol. The molecule has 5 rings (SSSR count). The third-order valence-corrected chi connectivity index (χ3v) is 7.17. The maximum atomic E-state index is 13.0. The van der Waals surface area contributed by atoms with Crippen LogP contribution in [0, 0.1) is 12.1 Å². The van der Waals surface area contributed by atoms with Crippen LogP contribution in [-0.2, 0) is 55.2 Å². The summed E-state index contributed by atoms with van der Waals surface area (Å²) in [7, 11) is 3.54. The molecule has 0 aliphatic carbocycles. The van der Waals surface area contributed by atoms with Crippen LogP contribution in [0.25, 0.3) is 0 Å². The van der Waals surface area contributed by atoms with Crippen molar-refractivity contribution in [1.82, 2.24) is 9.80 Å². The molecular formula is C40H46N8O2W2. The van der Waals surface area contributed by atoms with Crippen molar-refractivity contribution < 1.29 is 60.9 Å². The topological polar surface area (TPSA) is 97.8 Å². The van der Waals surface area contributed by atoms with Crippen molar-refractivity contribution in [3.05, 3.63) is 145 Å². The van der Waals surface area contributed by atoms with Crippen LogP contribution in [0.4, 0.5) is 22.7 Å². The minimum atomic E-state index is -0.111. The van der Waals surface area contributed by atoms with Crippen molar-refractivity contribution in [2.75, 3.05) is 27.2 Å². The Bertz CT molecular complexity index is 1650. The number of carbonyl (C=O) groups excluding carboxylic acids is 2. The van der Waals surface area contributed by atoms with Gasteiger partial charge < -0.3 is 9.80 Å². The van der Waals surface area contributed by atoms with Gasteiger partial charge in [-0.15, -0.1) is 24.3 Å². The number of pyridine rings is 2. The molecule has 0 fully saturated rings. The first-order chi connectivity index (χ1) is 24.4. The maximum Gasteiger partial charge on any atom is 0.253 e. The molecule has 0 saturated heterocycles. The molecule has 52 heavy (non-hydrogen) atoms. The molecule has 0 aliphatic rings. The summed E-state index contributed by atoms with van der Waals surface area (Å²) in [5.74, 6) is -0.222. The number of rotatable bonds is 12. The molecule has 10 nitrogen and oxygen atoms in total. The van der Waals surface area contributed by atoms with Gasteiger partial charge in [0.2, 0.25) is 0 Å². The van der Waals surface area contributed by atoms with Crippen LogP contribution in [-0.4, -0.2) is 48.8 Å². The Morgan fingerprint density at radius 2 is 0.769 bits per heavy atom. The van der Waals surface area contributed by atoms with Gasteiger partial charge in [-0.1, -0.05) is 27.7 Å². The van der Waals surface area contributed by atoms with Gasteiger partial charge in [0, 0.05) is 91.6 Å². The largest absolute Gasteiger partial charge is 0.335 e. The fourth-order valence-corrected chi connectivity index (χ4v) is 4.38. The van der Waals surface area contributed by atoms with Gasteiger partial charge in [-0.2, -0.15) is 56.9 Å². The Labute approximate surface area is 336 Å². The molecule has 2 heterocycles. The third kappa shape index (κ3) is 15.0. The SMILES string of the molecule is CC.CC.CN(CC[n+]1ccc(N=Nc2cc[c-]cc2)cc1)C(=O)c1ccc(C(=O)N(C)CC[n+]2ccc(N=Nc3cc[c-]cc3)cc2)cc1.[W].[W]. The zero-order valence-corrected chi connectivity index (χ0v) is 36.5. The van der Waals surface area contributed by atoms with Crippen molar-refractivity contribution in [3.8, 4) is 0 Å². The van der Waals surface area contributed by atoms with Crippen LogP contribution < -0.4 is 9.13 Å². The van der Waals surface area contributed by atoms with Crippen molar-refractivity contribution in [1.29, 1.82) is 0 Å². The number of likely N-dealkylation sites (N-methyl/N-ethyl adjacent to an activating group) is 2. The summed E-state index contributed by atoms with van der Waals surface area (Å²) in [6, 6.07) is 34.8. The second-order valence-electron chi connectivity index (χ2n) is 10.5. The van der Waals surface area contributed by atoms with E-state index in [0.717, 1.165) is 22.7 Å². The van der Waals surface area contributed by atoms with Crippen molar-refractivity contribution >= 4 is 34.6 Å². The van der Waals surface area contributed by atoms with E-state index in [1.807, 2.05) is 110 Å². The molecule has 0 spiro atoms. The van der Waals surface area contributed by atoms with Gasteiger partial charge in [0.1, 0.15) is 0 Å². The van der Waals surface area contributed by atoms with Gasteiger partial charge in [0.15, 0.2) is 37.9 Å². The number of hydrogen-bond donors (Lipinski definition) is 0. The summed E-state index contributed by atoms with van der Waals surface area (Å²) >= 11 is 0. The molecule has 5 aromatic rings. The van der Waals surface area contributed by atoms with Gasteiger partial charge in [-0.05, 0) is 35.6 Å². The number of benzene rings is 3. The molecule has 0 radical (unpaired) electrons. The molecular weight excluding hydrogens is 992 g/mol. The van der Waals surface area contributed by atoms with Crippen molar-refractivity contribution in [2.24, 2.45) is 20.5 Å². The first-order valence-electron chi connectivity index (χ1n) is 16.8. The predicted octanol–water partition coefficient (Wildman–Crippen LogP) is 8.28. The number of aromatic nitrogens is 2. The molecule has 0 atom stereocenters. The van der Waals surface area contributed by atoms with E-state index in [0.29, 0.717) is 37.3 Å². The average molecular weight is 1040 g/mol. The van der Waals surface area contributed by atoms with E-state index in [2.05, 4.69) is 32.6 Å². The number of hydrogen-bond acceptors (Lipinski definition) is 6. The van der Waals surface area contributed by atoms with Gasteiger partial charge in [0.05, 0.1) is 24.5 Å². The smallest absolute Gasteiger partial charge is 0.253 e. The molecule has 2 amide bonds. The first kappa shape index (κ1) is 45.5. The average Bonchev–Trinajstić information content (AvgIpc) is 3.20. The molecule has 3 aromatic carbocycles. The zero-order chi connectivity index (χ0) is 36.1. The molecule has 0 N–H and O–H groups in total. The summed E-state index contributed by atoms with van der Waals surface area (Å²) in [4.78, 5) is 29.4. The van der Waals surface area contributed by atoms with Crippen molar-refractivity contribution in [2.45, 2.75) is 40.8 Å². The molecule has 12 heteroatoms. The van der Waals surface area contributed by atoms with E-state index >= 15 is 0 Å². The molecule has 0 unspecified atom stereocenters. The molecule has 0 aliphatic heterocycles. The first-order valence-corrected chi connectivity index (χ1v) is 16.8. The van der Waals surface area contributed by atoms with E-state index in [1.54, 1.807) is 72.4 Å². The monoisotopic (exact) mass is 1040 g/mol. The molecule has 2 aromatic heterocycles. The number of nitrogens with zero attached hydrogens (tertiary/aromatic N) is 8. The quantitative estimate of drug-likeness (QED) is 0.0715. The Morgan fingerprint density at radius 1 is 0.500 bits per heavy atom. The Kier molecular flexibility index (Phi) is 22.3. The second kappa shape index (κ2) is 25.4. The number of carbonyl (C=O) groups is 2. The van der Waals surface area contributed by atoms with Gasteiger partial charge >= 0.3 is 0 Å². The summed E-state index contributed by atoms with van der Waals surface area (Å²) in [5, 5.41) is 16.9. The summed E-state index contributed by atoms with van der Waals surface area (Å²) in [5.41, 5.74) is 4.06. The third-order valence-electron chi connectivity index (χ3n) is 7.17. The molecule has 0 bridgehead atoms. The molecule has 270 valence electrons. The van der Waals surface area contributed by atoms with Crippen molar-refractivity contribution in [3.63, 3.8) is 0 Å². The summed E-state index contributed by atoms with van der Waals surface area (Å²) < 4.78 is 3.97. The minimum absolute atomic E-state index is 0. The van der Waals surface area contributed by atoms with E-state index in [1.165, 1.54) is 0 Å². The maximum absolute atomic E-state index is 13.0. The van der Waals surface area contributed by atoms with Gasteiger partial charge in [0.25, 0.3) is 11.8 Å². The number of azo groups is 2. The standard InChI is InChI=1S/C36H34N8O2.2C2H6.2W/c1-41(25-27-43-21-17-33(18-22-43)39-37-31-9-5-3-6-10-31)35(45)29-13-15-30(16-14-29)36(46)42(2)26-28-44-23-19-34(20-24-44)40-38-32-11-7-4-8-12-32;2*1-2;;/h5-24H,25-28H2,1-2H3;2*1-2H3;;. The van der Waals surface area contributed by atoms with E-state index in [-0.39, 0.29) is 53.9 Å². The second-order valence-corrected chi connectivity index (χ2v) is 10.5. The summed E-state index contributed by atoms with van der Waals surface area (Å²) in [6.45, 7) is 10.3. The fraction of sp³-hybridized carbons (Fsp3) is 0.250. The Morgan fingerprint density at radius 3 is 1.06 bits per heavy atom. The van der Waals surface area contributed by atoms with Crippen LogP contribution in [0.3, 0.4) is 0 Å². The number of amides is 2. The normalized spacial score (nSPS) is 10.1. The Balaban J connectivity index is 0.00000218. The van der Waals surface area contributed by atoms with Gasteiger partial charge in [-0.25, -0.2) is 9.13 Å². The van der Waals surface area contributed by atoms with E-state index in [4.69, 9.17) is 0 Å². The Hall–Kier alpha value is -4.52. The van der Waals surface area contributed by atoms with Crippen LogP contribution >= 0.6 is 0 Å². The zero-order valence-electron chi connectivity index (χ0n) is 30.6. The van der Waals surface area contributed by atoms with Crippen LogP contribution in [0.1, 0.15) is 48.4 Å². The minimum Gasteiger partial charge on any atom is -0.335 e. The van der Waals surface area contributed by atoms with Crippen LogP contribution in [0.15, 0.2) is 142 Å². The van der Waals surface area contributed by atoms with E-state index < -0.39 is 0 Å². The van der Waals surface area contributed by atoms with Gasteiger partial charge in [-0.3, -0.25) is 9.59 Å².